The zero-order chi connectivity index (χ0) is 26.1. The molecule has 0 atom stereocenters. The van der Waals surface area contributed by atoms with Crippen molar-refractivity contribution in [1.82, 2.24) is 9.88 Å². The fraction of sp³-hybridized carbons (Fsp3) is 0.133. The molecular formula is C30H23N5O2S. The molecule has 0 spiro atoms. The number of carbonyl (C=O) groups excluding carboxylic acids is 2. The van der Waals surface area contributed by atoms with E-state index in [4.69, 9.17) is 0 Å². The van der Waals surface area contributed by atoms with E-state index in [1.54, 1.807) is 12.3 Å². The zero-order valence-corrected chi connectivity index (χ0v) is 21.2. The third-order valence-corrected chi connectivity index (χ3v) is 7.90. The van der Waals surface area contributed by atoms with Gasteiger partial charge in [0.05, 0.1) is 17.6 Å². The third kappa shape index (κ3) is 4.61. The van der Waals surface area contributed by atoms with Crippen LogP contribution in [-0.4, -0.2) is 34.8 Å². The monoisotopic (exact) mass is 517 g/mol. The minimum atomic E-state index is -0.237. The molecule has 0 fully saturated rings. The lowest BCUT2D eigenvalue weighted by Crippen LogP contribution is -2.36. The van der Waals surface area contributed by atoms with Crippen LogP contribution in [0.15, 0.2) is 79.0 Å². The Labute approximate surface area is 223 Å². The van der Waals surface area contributed by atoms with Gasteiger partial charge in [0, 0.05) is 40.8 Å². The lowest BCUT2D eigenvalue weighted by Gasteiger charge is -2.26. The molecule has 2 amide bonds. The summed E-state index contributed by atoms with van der Waals surface area (Å²) in [5, 5.41) is 19.2. The topological polar surface area (TPSA) is 98.1 Å². The molecule has 0 aliphatic carbocycles. The summed E-state index contributed by atoms with van der Waals surface area (Å²) in [7, 11) is 0. The van der Waals surface area contributed by atoms with Gasteiger partial charge in [-0.05, 0) is 53.1 Å². The van der Waals surface area contributed by atoms with Crippen molar-refractivity contribution in [2.45, 2.75) is 13.0 Å². The van der Waals surface area contributed by atoms with E-state index in [0.717, 1.165) is 37.8 Å². The molecule has 186 valence electrons. The summed E-state index contributed by atoms with van der Waals surface area (Å²) in [4.78, 5) is 33.4. The number of fused-ring (bicyclic) bond motifs is 3. The second-order valence-corrected chi connectivity index (χ2v) is 10.3. The van der Waals surface area contributed by atoms with Crippen LogP contribution < -0.4 is 10.6 Å². The number of benzene rings is 3. The van der Waals surface area contributed by atoms with Crippen molar-refractivity contribution in [2.24, 2.45) is 0 Å². The second-order valence-electron chi connectivity index (χ2n) is 9.22. The second kappa shape index (κ2) is 10.1. The lowest BCUT2D eigenvalue weighted by molar-refractivity contribution is -0.117. The number of nitrogens with zero attached hydrogens (tertiary/aromatic N) is 3. The van der Waals surface area contributed by atoms with Gasteiger partial charge in [-0.3, -0.25) is 19.5 Å². The first-order valence-corrected chi connectivity index (χ1v) is 13.1. The van der Waals surface area contributed by atoms with Crippen LogP contribution in [0.2, 0.25) is 0 Å². The highest BCUT2D eigenvalue weighted by molar-refractivity contribution is 7.16. The van der Waals surface area contributed by atoms with E-state index >= 15 is 0 Å². The Kier molecular flexibility index (Phi) is 6.30. The number of hydrogen-bond donors (Lipinski definition) is 2. The number of rotatable bonds is 5. The minimum Gasteiger partial charge on any atom is -0.325 e. The largest absolute Gasteiger partial charge is 0.325 e. The summed E-state index contributed by atoms with van der Waals surface area (Å²) < 4.78 is 0. The summed E-state index contributed by atoms with van der Waals surface area (Å²) in [6, 6.07) is 25.2. The molecule has 0 bridgehead atoms. The molecule has 1 aliphatic rings. The fourth-order valence-electron chi connectivity index (χ4n) is 4.95. The number of anilines is 2. The molecule has 3 aromatic carbocycles. The smallest absolute Gasteiger partial charge is 0.256 e. The molecule has 0 saturated heterocycles. The van der Waals surface area contributed by atoms with E-state index in [2.05, 4.69) is 26.6 Å². The van der Waals surface area contributed by atoms with Crippen LogP contribution in [0, 0.1) is 11.3 Å². The van der Waals surface area contributed by atoms with Gasteiger partial charge in [-0.25, -0.2) is 0 Å². The number of nitriles is 1. The number of nitrogens with one attached hydrogen (secondary N) is 2. The van der Waals surface area contributed by atoms with Crippen LogP contribution in [0.3, 0.4) is 0 Å². The van der Waals surface area contributed by atoms with Gasteiger partial charge in [-0.15, -0.1) is 11.3 Å². The van der Waals surface area contributed by atoms with Crippen LogP contribution >= 0.6 is 11.3 Å². The molecule has 2 aromatic heterocycles. The Bertz CT molecular complexity index is 1750. The van der Waals surface area contributed by atoms with E-state index in [1.807, 2.05) is 66.7 Å². The maximum absolute atomic E-state index is 13.2. The van der Waals surface area contributed by atoms with Gasteiger partial charge >= 0.3 is 0 Å². The summed E-state index contributed by atoms with van der Waals surface area (Å²) in [5.41, 5.74) is 3.66. The number of hydrogen-bond acceptors (Lipinski definition) is 6. The summed E-state index contributed by atoms with van der Waals surface area (Å²) >= 11 is 1.42. The fourth-order valence-corrected chi connectivity index (χ4v) is 6.18. The minimum absolute atomic E-state index is 0.0989. The van der Waals surface area contributed by atoms with E-state index in [9.17, 15) is 14.9 Å². The highest BCUT2D eigenvalue weighted by Crippen LogP contribution is 2.37. The Morgan fingerprint density at radius 1 is 1.00 bits per heavy atom. The van der Waals surface area contributed by atoms with Crippen molar-refractivity contribution in [3.63, 3.8) is 0 Å². The van der Waals surface area contributed by atoms with Gasteiger partial charge in [0.15, 0.2) is 0 Å². The van der Waals surface area contributed by atoms with Gasteiger partial charge in [0.25, 0.3) is 5.91 Å². The summed E-state index contributed by atoms with van der Waals surface area (Å²) in [6.45, 7) is 1.44. The predicted octanol–water partition coefficient (Wildman–Crippen LogP) is 5.57. The molecular weight excluding hydrogens is 494 g/mol. The Morgan fingerprint density at radius 3 is 2.74 bits per heavy atom. The van der Waals surface area contributed by atoms with Gasteiger partial charge in [-0.1, -0.05) is 42.5 Å². The normalized spacial score (nSPS) is 13.1. The van der Waals surface area contributed by atoms with Crippen molar-refractivity contribution in [1.29, 1.82) is 5.26 Å². The number of thiophene rings is 1. The third-order valence-electron chi connectivity index (χ3n) is 6.76. The standard InChI is InChI=1S/C30H23N5O2S/c31-16-25-23-12-14-35(18-28(36)33-21-10-11-26-20(15-21)7-4-13-32-26)17-27(23)38-30(25)34-29(37)24-9-3-6-19-5-1-2-8-22(19)24/h1-11,13,15H,12,14,17-18H2,(H,33,36)(H,34,37). The average Bonchev–Trinajstić information content (AvgIpc) is 3.28. The molecule has 6 rings (SSSR count). The molecule has 2 N–H and O–H groups in total. The Balaban J connectivity index is 1.16. The SMILES string of the molecule is N#Cc1c(NC(=O)c2cccc3ccccc23)sc2c1CCN(CC(=O)Nc1ccc3ncccc3c1)C2. The predicted molar refractivity (Wildman–Crippen MR) is 150 cm³/mol. The number of pyridine rings is 1. The van der Waals surface area contributed by atoms with Gasteiger partial charge in [0.1, 0.15) is 11.1 Å². The zero-order valence-electron chi connectivity index (χ0n) is 20.4. The number of aromatic nitrogens is 1. The van der Waals surface area contributed by atoms with Crippen molar-refractivity contribution in [2.75, 3.05) is 23.7 Å². The van der Waals surface area contributed by atoms with Crippen LogP contribution in [0.5, 0.6) is 0 Å². The van der Waals surface area contributed by atoms with E-state index in [1.165, 1.54) is 11.3 Å². The number of amides is 2. The first-order valence-electron chi connectivity index (χ1n) is 12.3. The lowest BCUT2D eigenvalue weighted by atomic mass is 10.0. The van der Waals surface area contributed by atoms with Crippen LogP contribution in [0.1, 0.15) is 26.4 Å². The van der Waals surface area contributed by atoms with Crippen LogP contribution in [-0.2, 0) is 17.8 Å². The van der Waals surface area contributed by atoms with E-state index in [0.29, 0.717) is 35.6 Å². The van der Waals surface area contributed by atoms with Crippen molar-refractivity contribution in [3.05, 3.63) is 101 Å². The van der Waals surface area contributed by atoms with Crippen LogP contribution in [0.25, 0.3) is 21.7 Å². The van der Waals surface area contributed by atoms with E-state index in [-0.39, 0.29) is 18.4 Å². The van der Waals surface area contributed by atoms with Gasteiger partial charge in [-0.2, -0.15) is 5.26 Å². The highest BCUT2D eigenvalue weighted by atomic mass is 32.1. The van der Waals surface area contributed by atoms with Gasteiger partial charge in [0.2, 0.25) is 5.91 Å². The first-order chi connectivity index (χ1) is 18.6. The molecule has 3 heterocycles. The highest BCUT2D eigenvalue weighted by Gasteiger charge is 2.26. The quantitative estimate of drug-likeness (QED) is 0.318. The van der Waals surface area contributed by atoms with Crippen LogP contribution in [0.4, 0.5) is 10.7 Å². The average molecular weight is 518 g/mol. The number of carbonyl (C=O) groups is 2. The molecule has 38 heavy (non-hydrogen) atoms. The van der Waals surface area contributed by atoms with Crippen molar-refractivity contribution < 1.29 is 9.59 Å². The summed E-state index contributed by atoms with van der Waals surface area (Å²) in [6.07, 6.45) is 2.39. The molecule has 5 aromatic rings. The van der Waals surface area contributed by atoms with Crippen molar-refractivity contribution >= 4 is 55.5 Å². The Morgan fingerprint density at radius 2 is 1.84 bits per heavy atom. The molecule has 0 radical (unpaired) electrons. The van der Waals surface area contributed by atoms with Crippen molar-refractivity contribution in [3.8, 4) is 6.07 Å². The molecule has 1 aliphatic heterocycles. The maximum atomic E-state index is 13.2. The Hall–Kier alpha value is -4.58. The first kappa shape index (κ1) is 23.8. The molecule has 0 unspecified atom stereocenters. The maximum Gasteiger partial charge on any atom is 0.256 e. The molecule has 7 nitrogen and oxygen atoms in total. The molecule has 0 saturated carbocycles. The summed E-state index contributed by atoms with van der Waals surface area (Å²) in [5.74, 6) is -0.336. The van der Waals surface area contributed by atoms with Gasteiger partial charge < -0.3 is 10.6 Å². The van der Waals surface area contributed by atoms with E-state index < -0.39 is 0 Å². The molecule has 8 heteroatoms.